The summed E-state index contributed by atoms with van der Waals surface area (Å²) in [5, 5.41) is 8.05. The van der Waals surface area contributed by atoms with E-state index in [1.54, 1.807) is 15.8 Å². The Hall–Kier alpha value is -1.81. The molecule has 130 valence electrons. The molecule has 3 heterocycles. The van der Waals surface area contributed by atoms with E-state index in [0.29, 0.717) is 42.1 Å². The van der Waals surface area contributed by atoms with Crippen molar-refractivity contribution in [2.45, 2.75) is 39.0 Å². The molecule has 0 aromatic carbocycles. The van der Waals surface area contributed by atoms with Gasteiger partial charge in [0.05, 0.1) is 32.0 Å². The molecule has 1 atom stereocenters. The maximum Gasteiger partial charge on any atom is 0.410 e. The topological polar surface area (TPSA) is 95.3 Å². The summed E-state index contributed by atoms with van der Waals surface area (Å²) >= 11 is 3.29. The molecule has 0 spiro atoms. The van der Waals surface area contributed by atoms with Crippen molar-refractivity contribution in [1.29, 1.82) is 0 Å². The molecule has 0 saturated carbocycles. The third-order valence-corrected chi connectivity index (χ3v) is 3.75. The molecule has 2 aromatic heterocycles. The Morgan fingerprint density at radius 3 is 3.04 bits per heavy atom. The molecule has 1 aliphatic rings. The van der Waals surface area contributed by atoms with Crippen LogP contribution in [-0.4, -0.2) is 67.4 Å². The largest absolute Gasteiger partial charge is 0.444 e. The van der Waals surface area contributed by atoms with E-state index in [1.807, 2.05) is 20.8 Å². The van der Waals surface area contributed by atoms with Crippen LogP contribution in [0.2, 0.25) is 0 Å². The highest BCUT2D eigenvalue weighted by atomic mass is 79.9. The number of carbonyl (C=O) groups excluding carboxylic acids is 1. The van der Waals surface area contributed by atoms with Gasteiger partial charge >= 0.3 is 6.09 Å². The Morgan fingerprint density at radius 2 is 2.29 bits per heavy atom. The number of aromatic nitrogens is 5. The summed E-state index contributed by atoms with van der Waals surface area (Å²) in [6, 6.07) is 0. The number of nitrogens with zero attached hydrogens (tertiary/aromatic N) is 6. The summed E-state index contributed by atoms with van der Waals surface area (Å²) in [5.41, 5.74) is 0.523. The summed E-state index contributed by atoms with van der Waals surface area (Å²) in [6.07, 6.45) is 1.03. The predicted molar refractivity (Wildman–Crippen MR) is 88.4 cm³/mol. The lowest BCUT2D eigenvalue weighted by Gasteiger charge is -2.34. The summed E-state index contributed by atoms with van der Waals surface area (Å²) in [4.78, 5) is 22.3. The van der Waals surface area contributed by atoms with E-state index in [1.165, 1.54) is 0 Å². The number of halogens is 1. The third-order valence-electron chi connectivity index (χ3n) is 3.37. The minimum atomic E-state index is -0.519. The predicted octanol–water partition coefficient (Wildman–Crippen LogP) is 1.62. The molecule has 3 rings (SSSR count). The Morgan fingerprint density at radius 1 is 1.50 bits per heavy atom. The van der Waals surface area contributed by atoms with Crippen LogP contribution >= 0.6 is 15.9 Å². The lowest BCUT2D eigenvalue weighted by molar-refractivity contribution is -0.0481. The van der Waals surface area contributed by atoms with Crippen LogP contribution in [-0.2, 0) is 16.0 Å². The number of hydrogen-bond acceptors (Lipinski definition) is 7. The molecule has 9 nitrogen and oxygen atoms in total. The highest BCUT2D eigenvalue weighted by molar-refractivity contribution is 9.10. The van der Waals surface area contributed by atoms with Crippen LogP contribution in [0.3, 0.4) is 0 Å². The number of carbonyl (C=O) groups is 1. The monoisotopic (exact) mass is 398 g/mol. The maximum absolute atomic E-state index is 12.2. The van der Waals surface area contributed by atoms with Crippen molar-refractivity contribution in [3.63, 3.8) is 0 Å². The first-order valence-electron chi connectivity index (χ1n) is 7.63. The zero-order chi connectivity index (χ0) is 17.3. The van der Waals surface area contributed by atoms with Gasteiger partial charge < -0.3 is 14.4 Å². The van der Waals surface area contributed by atoms with E-state index in [-0.39, 0.29) is 12.2 Å². The van der Waals surface area contributed by atoms with Crippen molar-refractivity contribution in [3.05, 3.63) is 10.8 Å². The van der Waals surface area contributed by atoms with Gasteiger partial charge in [-0.15, -0.1) is 5.10 Å². The first kappa shape index (κ1) is 17.0. The van der Waals surface area contributed by atoms with Gasteiger partial charge in [-0.3, -0.25) is 0 Å². The van der Waals surface area contributed by atoms with E-state index < -0.39 is 5.60 Å². The molecule has 0 bridgehead atoms. The number of amides is 1. The van der Waals surface area contributed by atoms with E-state index in [9.17, 15) is 4.79 Å². The molecular formula is C14H19BrN6O3. The van der Waals surface area contributed by atoms with Crippen LogP contribution in [0.5, 0.6) is 0 Å². The summed E-state index contributed by atoms with van der Waals surface area (Å²) in [6.45, 7) is 7.36. The maximum atomic E-state index is 12.2. The molecule has 24 heavy (non-hydrogen) atoms. The zero-order valence-corrected chi connectivity index (χ0v) is 15.4. The van der Waals surface area contributed by atoms with Gasteiger partial charge in [-0.05, 0) is 36.7 Å². The standard InChI is InChI=1S/C14H19BrN6O3/c1-14(2,3)24-13(22)20-4-5-23-9(7-20)8-21-12-11(18-19-21)16-6-10(15)17-12/h6,9H,4-5,7-8H2,1-3H3. The Labute approximate surface area is 147 Å². The second kappa shape index (κ2) is 6.60. The van der Waals surface area contributed by atoms with Crippen LogP contribution in [0.25, 0.3) is 11.3 Å². The van der Waals surface area contributed by atoms with Gasteiger partial charge in [0.1, 0.15) is 10.2 Å². The Bertz CT molecular complexity index is 744. The highest BCUT2D eigenvalue weighted by Crippen LogP contribution is 2.15. The molecule has 1 aliphatic heterocycles. The Balaban J connectivity index is 1.68. The van der Waals surface area contributed by atoms with Crippen LogP contribution < -0.4 is 0 Å². The quantitative estimate of drug-likeness (QED) is 0.757. The van der Waals surface area contributed by atoms with E-state index in [4.69, 9.17) is 9.47 Å². The fraction of sp³-hybridized carbons (Fsp3) is 0.643. The van der Waals surface area contributed by atoms with E-state index in [2.05, 4.69) is 36.2 Å². The fourth-order valence-electron chi connectivity index (χ4n) is 2.37. The van der Waals surface area contributed by atoms with Gasteiger partial charge in [-0.25, -0.2) is 19.4 Å². The van der Waals surface area contributed by atoms with Crippen LogP contribution in [0, 0.1) is 0 Å². The summed E-state index contributed by atoms with van der Waals surface area (Å²) in [5.74, 6) is 0. The number of fused-ring (bicyclic) bond motifs is 1. The number of ether oxygens (including phenoxy) is 2. The molecule has 0 aliphatic carbocycles. The average molecular weight is 399 g/mol. The van der Waals surface area contributed by atoms with Crippen LogP contribution in [0.4, 0.5) is 4.79 Å². The second-order valence-electron chi connectivity index (χ2n) is 6.53. The van der Waals surface area contributed by atoms with Crippen molar-refractivity contribution < 1.29 is 14.3 Å². The van der Waals surface area contributed by atoms with Gasteiger partial charge in [-0.1, -0.05) is 5.21 Å². The van der Waals surface area contributed by atoms with Gasteiger partial charge in [0.25, 0.3) is 0 Å². The molecule has 1 fully saturated rings. The zero-order valence-electron chi connectivity index (χ0n) is 13.8. The summed E-state index contributed by atoms with van der Waals surface area (Å²) in [7, 11) is 0. The van der Waals surface area contributed by atoms with Gasteiger partial charge in [0, 0.05) is 6.54 Å². The van der Waals surface area contributed by atoms with Gasteiger partial charge in [0.2, 0.25) is 5.65 Å². The van der Waals surface area contributed by atoms with Crippen LogP contribution in [0.15, 0.2) is 10.8 Å². The third kappa shape index (κ3) is 3.99. The molecular weight excluding hydrogens is 380 g/mol. The molecule has 1 amide bonds. The van der Waals surface area contributed by atoms with Crippen molar-refractivity contribution in [3.8, 4) is 0 Å². The van der Waals surface area contributed by atoms with Crippen molar-refractivity contribution in [1.82, 2.24) is 29.9 Å². The number of rotatable bonds is 2. The van der Waals surface area contributed by atoms with Gasteiger partial charge in [-0.2, -0.15) is 0 Å². The van der Waals surface area contributed by atoms with E-state index in [0.717, 1.165) is 0 Å². The lowest BCUT2D eigenvalue weighted by atomic mass is 10.2. The smallest absolute Gasteiger partial charge is 0.410 e. The summed E-state index contributed by atoms with van der Waals surface area (Å²) < 4.78 is 13.4. The van der Waals surface area contributed by atoms with Crippen molar-refractivity contribution in [2.24, 2.45) is 0 Å². The first-order valence-corrected chi connectivity index (χ1v) is 8.42. The minimum absolute atomic E-state index is 0.211. The Kier molecular flexibility index (Phi) is 4.68. The molecule has 10 heteroatoms. The lowest BCUT2D eigenvalue weighted by Crippen LogP contribution is -2.48. The van der Waals surface area contributed by atoms with E-state index >= 15 is 0 Å². The first-order chi connectivity index (χ1) is 11.3. The van der Waals surface area contributed by atoms with Gasteiger partial charge in [0.15, 0.2) is 5.65 Å². The highest BCUT2D eigenvalue weighted by Gasteiger charge is 2.29. The van der Waals surface area contributed by atoms with Crippen molar-refractivity contribution >= 4 is 33.3 Å². The SMILES string of the molecule is CC(C)(C)OC(=O)N1CCOC(Cn2nnc3ncc(Br)nc32)C1. The second-order valence-corrected chi connectivity index (χ2v) is 7.34. The molecule has 0 N–H and O–H groups in total. The van der Waals surface area contributed by atoms with Crippen LogP contribution in [0.1, 0.15) is 20.8 Å². The minimum Gasteiger partial charge on any atom is -0.444 e. The normalized spacial score (nSPS) is 18.8. The number of morpholine rings is 1. The average Bonchev–Trinajstić information content (AvgIpc) is 2.88. The number of hydrogen-bond donors (Lipinski definition) is 0. The molecule has 2 aromatic rings. The molecule has 1 unspecified atom stereocenters. The molecule has 1 saturated heterocycles. The van der Waals surface area contributed by atoms with Crippen molar-refractivity contribution in [2.75, 3.05) is 19.7 Å². The fourth-order valence-corrected chi connectivity index (χ4v) is 2.64. The molecule has 0 radical (unpaired) electrons.